The van der Waals surface area contributed by atoms with Crippen molar-refractivity contribution in [1.29, 1.82) is 0 Å². The molecule has 2 aliphatic rings. The molecule has 8 heteroatoms. The second-order valence-electron chi connectivity index (χ2n) is 9.31. The van der Waals surface area contributed by atoms with Crippen molar-refractivity contribution in [3.63, 3.8) is 0 Å². The van der Waals surface area contributed by atoms with Crippen LogP contribution in [0.2, 0.25) is 0 Å². The number of carbonyl (C=O) groups excluding carboxylic acids is 3. The minimum absolute atomic E-state index is 0.296. The van der Waals surface area contributed by atoms with Gasteiger partial charge in [-0.25, -0.2) is 4.79 Å². The van der Waals surface area contributed by atoms with E-state index in [1.807, 2.05) is 30.3 Å². The summed E-state index contributed by atoms with van der Waals surface area (Å²) in [7, 11) is 3.64. The maximum Gasteiger partial charge on any atom is 0.337 e. The van der Waals surface area contributed by atoms with Gasteiger partial charge in [0.1, 0.15) is 0 Å². The first kappa shape index (κ1) is 18.9. The molecule has 5 rings (SSSR count). The van der Waals surface area contributed by atoms with E-state index in [0.717, 1.165) is 28.6 Å². The Balaban J connectivity index is 1.42. The minimum atomic E-state index is -3.06. The zero-order chi connectivity index (χ0) is 35.4. The number of likely N-dealkylation sites (N-methyl/N-ethyl adjacent to an activating group) is 2. The summed E-state index contributed by atoms with van der Waals surface area (Å²) in [6.07, 6.45) is 0.314. The van der Waals surface area contributed by atoms with Crippen molar-refractivity contribution in [2.24, 2.45) is 0 Å². The van der Waals surface area contributed by atoms with E-state index in [1.165, 1.54) is 14.2 Å². The second kappa shape index (κ2) is 11.9. The van der Waals surface area contributed by atoms with E-state index in [1.54, 1.807) is 42.5 Å². The number of methoxy groups -OCH3 is 1. The third-order valence-corrected chi connectivity index (χ3v) is 6.69. The molecule has 40 heavy (non-hydrogen) atoms. The van der Waals surface area contributed by atoms with E-state index in [9.17, 15) is 14.4 Å². The molecule has 206 valence electrons. The Morgan fingerprint density at radius 3 is 2.35 bits per heavy atom. The van der Waals surface area contributed by atoms with Gasteiger partial charge in [-0.3, -0.25) is 14.5 Å². The zero-order valence-corrected chi connectivity index (χ0v) is 22.3. The third kappa shape index (κ3) is 5.83. The molecule has 0 atom stereocenters. The van der Waals surface area contributed by atoms with Crippen molar-refractivity contribution in [2.75, 3.05) is 64.0 Å². The van der Waals surface area contributed by atoms with Gasteiger partial charge >= 0.3 is 5.97 Å². The molecule has 2 amide bonds. The number of amides is 2. The summed E-state index contributed by atoms with van der Waals surface area (Å²) in [6, 6.07) is 21.0. The van der Waals surface area contributed by atoms with E-state index in [2.05, 4.69) is 5.32 Å². The number of allylic oxidation sites excluding steroid dienone is 1. The molecule has 1 N–H and O–H groups in total. The summed E-state index contributed by atoms with van der Waals surface area (Å²) in [5.74, 6) is -1.64. The van der Waals surface area contributed by atoms with Crippen molar-refractivity contribution >= 4 is 40.3 Å². The van der Waals surface area contributed by atoms with Gasteiger partial charge in [-0.2, -0.15) is 0 Å². The Morgan fingerprint density at radius 1 is 0.975 bits per heavy atom. The van der Waals surface area contributed by atoms with Gasteiger partial charge in [0.05, 0.1) is 24.8 Å². The van der Waals surface area contributed by atoms with Crippen molar-refractivity contribution in [3.8, 4) is 0 Å². The largest absolute Gasteiger partial charge is 0.465 e. The third-order valence-electron chi connectivity index (χ3n) is 6.69. The van der Waals surface area contributed by atoms with Crippen molar-refractivity contribution in [3.05, 3.63) is 95.1 Å². The van der Waals surface area contributed by atoms with Gasteiger partial charge in [0, 0.05) is 60.9 Å². The van der Waals surface area contributed by atoms with Crippen LogP contribution in [-0.2, 0) is 20.7 Å². The van der Waals surface area contributed by atoms with E-state index in [0.29, 0.717) is 44.3 Å². The fourth-order valence-corrected chi connectivity index (χ4v) is 4.52. The highest BCUT2D eigenvalue weighted by Crippen LogP contribution is 2.39. The molecule has 0 spiro atoms. The zero-order valence-electron chi connectivity index (χ0n) is 30.3. The van der Waals surface area contributed by atoms with Crippen LogP contribution in [0.4, 0.5) is 11.4 Å². The molecular weight excluding hydrogens is 504 g/mol. The minimum Gasteiger partial charge on any atom is -0.465 e. The molecule has 2 aliphatic heterocycles. The van der Waals surface area contributed by atoms with Gasteiger partial charge in [-0.1, -0.05) is 48.5 Å². The Hall–Kier alpha value is -4.27. The van der Waals surface area contributed by atoms with Gasteiger partial charge in [0.15, 0.2) is 0 Å². The summed E-state index contributed by atoms with van der Waals surface area (Å²) in [4.78, 5) is 40.6. The average molecular weight is 547 g/mol. The predicted molar refractivity (Wildman–Crippen MR) is 157 cm³/mol. The highest BCUT2D eigenvalue weighted by atomic mass is 16.5. The predicted octanol–water partition coefficient (Wildman–Crippen LogP) is 3.79. The van der Waals surface area contributed by atoms with Crippen LogP contribution in [0.1, 0.15) is 38.0 Å². The fourth-order valence-electron chi connectivity index (χ4n) is 4.52. The summed E-state index contributed by atoms with van der Waals surface area (Å²) in [5, 5.41) is 2.84. The average Bonchev–Trinajstić information content (AvgIpc) is 3.39. The molecular formula is C32H34N4O4. The Kier molecular flexibility index (Phi) is 5.61. The van der Waals surface area contributed by atoms with E-state index >= 15 is 0 Å². The first-order chi connectivity index (χ1) is 22.4. The van der Waals surface area contributed by atoms with Crippen LogP contribution in [0.5, 0.6) is 0 Å². The molecule has 0 saturated carbocycles. The van der Waals surface area contributed by atoms with Crippen LogP contribution in [0.3, 0.4) is 0 Å². The molecule has 8 nitrogen and oxygen atoms in total. The number of nitrogens with one attached hydrogen (secondary N) is 1. The lowest BCUT2D eigenvalue weighted by atomic mass is 9.90. The number of rotatable bonds is 7. The number of esters is 1. The molecule has 1 fully saturated rings. The number of hydrogen-bond acceptors (Lipinski definition) is 6. The number of nitrogens with zero attached hydrogens (tertiary/aromatic N) is 3. The molecule has 0 unspecified atom stereocenters. The normalized spacial score (nSPS) is 24.7. The first-order valence-electron chi connectivity index (χ1n) is 16.6. The molecule has 2 heterocycles. The van der Waals surface area contributed by atoms with Crippen molar-refractivity contribution in [1.82, 2.24) is 9.80 Å². The summed E-state index contributed by atoms with van der Waals surface area (Å²) in [5.41, 5.74) is 4.54. The topological polar surface area (TPSA) is 82.2 Å². The number of benzene rings is 3. The number of hydrogen-bond donors (Lipinski definition) is 1. The van der Waals surface area contributed by atoms with Crippen LogP contribution < -0.4 is 10.2 Å². The monoisotopic (exact) mass is 546 g/mol. The van der Waals surface area contributed by atoms with Crippen LogP contribution in [0.25, 0.3) is 11.1 Å². The molecule has 0 radical (unpaired) electrons. The lowest BCUT2D eigenvalue weighted by Gasteiger charge is -2.32. The van der Waals surface area contributed by atoms with Gasteiger partial charge in [0.25, 0.3) is 5.91 Å². The van der Waals surface area contributed by atoms with E-state index in [-0.39, 0.29) is 5.91 Å². The summed E-state index contributed by atoms with van der Waals surface area (Å²) >= 11 is 0. The van der Waals surface area contributed by atoms with E-state index < -0.39 is 44.4 Å². The molecule has 1 saturated heterocycles. The number of carbonyl (C=O) groups is 3. The lowest BCUT2D eigenvalue weighted by Crippen LogP contribution is -2.48. The van der Waals surface area contributed by atoms with Crippen molar-refractivity contribution < 1.29 is 30.1 Å². The number of piperazine rings is 1. The lowest BCUT2D eigenvalue weighted by molar-refractivity contribution is -0.119. The van der Waals surface area contributed by atoms with Crippen LogP contribution in [0.15, 0.2) is 72.8 Å². The van der Waals surface area contributed by atoms with Crippen LogP contribution >= 0.6 is 0 Å². The Morgan fingerprint density at radius 2 is 1.68 bits per heavy atom. The van der Waals surface area contributed by atoms with Crippen LogP contribution in [-0.4, -0.2) is 81.3 Å². The Bertz CT molecular complexity index is 1770. The van der Waals surface area contributed by atoms with E-state index in [4.69, 9.17) is 15.7 Å². The summed E-state index contributed by atoms with van der Waals surface area (Å²) in [6.45, 7) is -13.0. The van der Waals surface area contributed by atoms with Gasteiger partial charge in [-0.15, -0.1) is 0 Å². The molecule has 3 aromatic carbocycles. The quantitative estimate of drug-likeness (QED) is 0.359. The molecule has 0 aliphatic carbocycles. The number of fused-ring (bicyclic) bond motifs is 1. The Labute approximate surface area is 246 Å². The molecule has 0 aromatic heterocycles. The fraction of sp³-hybridized carbons (Fsp3) is 0.281. The maximum absolute atomic E-state index is 13.4. The number of ether oxygens (including phenoxy) is 1. The highest BCUT2D eigenvalue weighted by molar-refractivity contribution is 6.37. The second-order valence-corrected chi connectivity index (χ2v) is 9.31. The highest BCUT2D eigenvalue weighted by Gasteiger charge is 2.29. The van der Waals surface area contributed by atoms with Crippen LogP contribution in [0, 0.1) is 0 Å². The van der Waals surface area contributed by atoms with Crippen molar-refractivity contribution in [2.45, 2.75) is 6.42 Å². The molecule has 0 bridgehead atoms. The van der Waals surface area contributed by atoms with Gasteiger partial charge in [-0.05, 0) is 54.4 Å². The smallest absolute Gasteiger partial charge is 0.337 e. The van der Waals surface area contributed by atoms with Gasteiger partial charge in [0.2, 0.25) is 5.91 Å². The number of anilines is 2. The molecule has 3 aromatic rings. The first-order valence-corrected chi connectivity index (χ1v) is 12.6. The van der Waals surface area contributed by atoms with Gasteiger partial charge < -0.3 is 19.9 Å². The SMILES string of the molecule is [2H]C1([2H])N(C)C([2H])([2H])C([2H])([2H])N(CC(=O)N(C)c2ccc(C/C(=C3\C(=O)Nc4cc(C(=O)OC)ccc43)c3ccccc3)cc2)C1([2H])[2H]. The standard InChI is InChI=1S/C32H34N4O4/c1-34-15-17-36(18-16-34)21-29(37)35(2)25-12-9-22(10-13-25)19-27(23-7-5-4-6-8-23)30-26-14-11-24(32(39)40-3)20-28(26)33-31(30)38/h4-14,20H,15-19,21H2,1-3H3,(H,33,38)/b30-27+/i15D2,16D2,17D2,18D2. The summed E-state index contributed by atoms with van der Waals surface area (Å²) < 4.78 is 71.1. The maximum atomic E-state index is 13.4.